The van der Waals surface area contributed by atoms with Gasteiger partial charge >= 0.3 is 0 Å². The number of thiophene rings is 1. The van der Waals surface area contributed by atoms with Crippen LogP contribution in [-0.4, -0.2) is 19.7 Å². The van der Waals surface area contributed by atoms with E-state index in [0.717, 1.165) is 57.3 Å². The summed E-state index contributed by atoms with van der Waals surface area (Å²) in [5.74, 6) is 1.83. The van der Waals surface area contributed by atoms with Gasteiger partial charge < -0.3 is 4.52 Å². The fourth-order valence-electron chi connectivity index (χ4n) is 2.73. The first kappa shape index (κ1) is 19.1. The van der Waals surface area contributed by atoms with Gasteiger partial charge in [0.1, 0.15) is 4.83 Å². The van der Waals surface area contributed by atoms with Crippen LogP contribution in [0.5, 0.6) is 0 Å². The third-order valence-electron chi connectivity index (χ3n) is 4.30. The Balaban J connectivity index is 1.93. The van der Waals surface area contributed by atoms with Crippen LogP contribution in [0, 0.1) is 13.8 Å². The zero-order valence-electron chi connectivity index (χ0n) is 15.7. The highest BCUT2D eigenvalue weighted by molar-refractivity contribution is 7.98. The van der Waals surface area contributed by atoms with E-state index in [4.69, 9.17) is 9.51 Å². The lowest BCUT2D eigenvalue weighted by molar-refractivity contribution is 0.384. The van der Waals surface area contributed by atoms with E-state index in [1.807, 2.05) is 13.8 Å². The minimum Gasteiger partial charge on any atom is -0.338 e. The minimum absolute atomic E-state index is 0.0602. The molecule has 0 amide bonds. The maximum atomic E-state index is 13.1. The van der Waals surface area contributed by atoms with Crippen LogP contribution in [0.25, 0.3) is 10.2 Å². The van der Waals surface area contributed by atoms with Gasteiger partial charge in [0.05, 0.1) is 11.1 Å². The molecule has 0 saturated heterocycles. The normalized spacial score (nSPS) is 11.5. The molecule has 0 atom stereocenters. The summed E-state index contributed by atoms with van der Waals surface area (Å²) in [5, 5.41) is 5.48. The van der Waals surface area contributed by atoms with Crippen molar-refractivity contribution in [2.24, 2.45) is 0 Å². The van der Waals surface area contributed by atoms with Gasteiger partial charge in [0, 0.05) is 17.8 Å². The number of aryl methyl sites for hydroxylation is 3. The second-order valence-electron chi connectivity index (χ2n) is 6.31. The molecule has 3 aromatic rings. The molecule has 0 radical (unpaired) electrons. The van der Waals surface area contributed by atoms with Crippen molar-refractivity contribution >= 4 is 33.3 Å². The van der Waals surface area contributed by atoms with Gasteiger partial charge in [-0.15, -0.1) is 11.3 Å². The van der Waals surface area contributed by atoms with Crippen molar-refractivity contribution in [3.8, 4) is 0 Å². The molecule has 3 aromatic heterocycles. The molecule has 0 fully saturated rings. The molecule has 0 saturated carbocycles. The zero-order valence-corrected chi connectivity index (χ0v) is 17.3. The van der Waals surface area contributed by atoms with Crippen molar-refractivity contribution in [1.82, 2.24) is 19.7 Å². The fraction of sp³-hybridized carbons (Fsp3) is 0.556. The predicted octanol–water partition coefficient (Wildman–Crippen LogP) is 4.50. The van der Waals surface area contributed by atoms with E-state index >= 15 is 0 Å². The highest BCUT2D eigenvalue weighted by Gasteiger charge is 2.17. The second kappa shape index (κ2) is 8.35. The van der Waals surface area contributed by atoms with Crippen LogP contribution >= 0.6 is 23.1 Å². The van der Waals surface area contributed by atoms with Crippen molar-refractivity contribution in [3.63, 3.8) is 0 Å². The van der Waals surface area contributed by atoms with E-state index in [2.05, 4.69) is 24.0 Å². The number of fused-ring (bicyclic) bond motifs is 1. The molecular formula is C18H24N4O2S2. The minimum atomic E-state index is 0.0602. The van der Waals surface area contributed by atoms with Gasteiger partial charge in [-0.05, 0) is 32.3 Å². The lowest BCUT2D eigenvalue weighted by atomic mass is 10.2. The summed E-state index contributed by atoms with van der Waals surface area (Å²) in [6, 6.07) is 0. The number of nitrogens with zero attached hydrogens (tertiary/aromatic N) is 4. The topological polar surface area (TPSA) is 73.8 Å². The standard InChI is InChI=1S/C18H24N4O2S2/c1-5-7-9-22-17(23)15-11(3)12(4)26-16(15)20-18(22)25-10-14-19-13(8-6-2)21-24-14/h5-10H2,1-4H3. The molecule has 0 aliphatic heterocycles. The average molecular weight is 393 g/mol. The van der Waals surface area contributed by atoms with Crippen molar-refractivity contribution < 1.29 is 4.52 Å². The third kappa shape index (κ3) is 3.86. The summed E-state index contributed by atoms with van der Waals surface area (Å²) < 4.78 is 7.11. The molecule has 0 aliphatic carbocycles. The molecule has 0 N–H and O–H groups in total. The van der Waals surface area contributed by atoms with Gasteiger partial charge in [-0.3, -0.25) is 9.36 Å². The van der Waals surface area contributed by atoms with Gasteiger partial charge in [0.2, 0.25) is 5.89 Å². The second-order valence-corrected chi connectivity index (χ2v) is 8.46. The van der Waals surface area contributed by atoms with E-state index < -0.39 is 0 Å². The molecule has 140 valence electrons. The van der Waals surface area contributed by atoms with Gasteiger partial charge in [-0.1, -0.05) is 37.2 Å². The van der Waals surface area contributed by atoms with Crippen molar-refractivity contribution in [2.45, 2.75) is 70.8 Å². The van der Waals surface area contributed by atoms with Crippen LogP contribution < -0.4 is 5.56 Å². The van der Waals surface area contributed by atoms with Crippen LogP contribution in [0.2, 0.25) is 0 Å². The number of hydrogen-bond acceptors (Lipinski definition) is 7. The fourth-order valence-corrected chi connectivity index (χ4v) is 4.67. The molecule has 3 rings (SSSR count). The number of thioether (sulfide) groups is 1. The summed E-state index contributed by atoms with van der Waals surface area (Å²) in [5.41, 5.74) is 1.11. The first-order valence-corrected chi connectivity index (χ1v) is 10.8. The van der Waals surface area contributed by atoms with Gasteiger partial charge in [0.25, 0.3) is 5.56 Å². The van der Waals surface area contributed by atoms with Crippen molar-refractivity contribution in [1.29, 1.82) is 0 Å². The Morgan fingerprint density at radius 1 is 1.19 bits per heavy atom. The molecule has 0 unspecified atom stereocenters. The molecule has 0 aliphatic rings. The summed E-state index contributed by atoms with van der Waals surface area (Å²) >= 11 is 3.07. The van der Waals surface area contributed by atoms with Crippen LogP contribution in [0.15, 0.2) is 14.5 Å². The summed E-state index contributed by atoms with van der Waals surface area (Å²) in [6.07, 6.45) is 3.77. The molecule has 8 heteroatoms. The quantitative estimate of drug-likeness (QED) is 0.415. The largest absolute Gasteiger partial charge is 0.338 e. The van der Waals surface area contributed by atoms with Crippen molar-refractivity contribution in [3.05, 3.63) is 32.5 Å². The van der Waals surface area contributed by atoms with E-state index in [0.29, 0.717) is 18.2 Å². The molecule has 0 bridgehead atoms. The SMILES string of the molecule is CCCCn1c(SCc2nc(CCC)no2)nc2sc(C)c(C)c2c1=O. The van der Waals surface area contributed by atoms with Crippen molar-refractivity contribution in [2.75, 3.05) is 0 Å². The Hall–Kier alpha value is -1.67. The maximum Gasteiger partial charge on any atom is 0.263 e. The Labute approximate surface area is 161 Å². The summed E-state index contributed by atoms with van der Waals surface area (Å²) in [6.45, 7) is 8.93. The molecule has 6 nitrogen and oxygen atoms in total. The van der Waals surface area contributed by atoms with Gasteiger partial charge in [-0.25, -0.2) is 4.98 Å². The first-order chi connectivity index (χ1) is 12.5. The first-order valence-electron chi connectivity index (χ1n) is 8.99. The Morgan fingerprint density at radius 2 is 2.00 bits per heavy atom. The Bertz CT molecular complexity index is 958. The Morgan fingerprint density at radius 3 is 2.73 bits per heavy atom. The van der Waals surface area contributed by atoms with Gasteiger partial charge in [-0.2, -0.15) is 4.98 Å². The van der Waals surface area contributed by atoms with E-state index in [-0.39, 0.29) is 5.56 Å². The van der Waals surface area contributed by atoms with E-state index in [1.54, 1.807) is 15.9 Å². The molecule has 0 aromatic carbocycles. The van der Waals surface area contributed by atoms with Gasteiger partial charge in [0.15, 0.2) is 11.0 Å². The highest BCUT2D eigenvalue weighted by Crippen LogP contribution is 2.29. The van der Waals surface area contributed by atoms with Crippen LogP contribution in [0.4, 0.5) is 0 Å². The smallest absolute Gasteiger partial charge is 0.263 e. The zero-order chi connectivity index (χ0) is 18.7. The lowest BCUT2D eigenvalue weighted by Gasteiger charge is -2.11. The number of unbranched alkanes of at least 4 members (excludes halogenated alkanes) is 1. The third-order valence-corrected chi connectivity index (χ3v) is 6.36. The monoisotopic (exact) mass is 392 g/mol. The highest BCUT2D eigenvalue weighted by atomic mass is 32.2. The maximum absolute atomic E-state index is 13.1. The van der Waals surface area contributed by atoms with E-state index in [1.165, 1.54) is 11.8 Å². The molecule has 0 spiro atoms. The average Bonchev–Trinajstić information content (AvgIpc) is 3.17. The number of aromatic nitrogens is 4. The lowest BCUT2D eigenvalue weighted by Crippen LogP contribution is -2.23. The van der Waals surface area contributed by atoms with E-state index in [9.17, 15) is 4.79 Å². The van der Waals surface area contributed by atoms with Crippen LogP contribution in [0.3, 0.4) is 0 Å². The van der Waals surface area contributed by atoms with Crippen LogP contribution in [-0.2, 0) is 18.7 Å². The Kier molecular flexibility index (Phi) is 6.13. The van der Waals surface area contributed by atoms with Crippen LogP contribution in [0.1, 0.15) is 55.3 Å². The molecular weight excluding hydrogens is 368 g/mol. The molecule has 3 heterocycles. The molecule has 26 heavy (non-hydrogen) atoms. The summed E-state index contributed by atoms with van der Waals surface area (Å²) in [4.78, 5) is 24.2. The summed E-state index contributed by atoms with van der Waals surface area (Å²) in [7, 11) is 0. The predicted molar refractivity (Wildman–Crippen MR) is 106 cm³/mol. The number of hydrogen-bond donors (Lipinski definition) is 0. The number of rotatable bonds is 8.